The third-order valence-corrected chi connectivity index (χ3v) is 7.82. The van der Waals surface area contributed by atoms with Crippen LogP contribution in [0.15, 0.2) is 58.3 Å². The first kappa shape index (κ1) is 22.4. The van der Waals surface area contributed by atoms with E-state index in [9.17, 15) is 9.59 Å². The molecule has 5 rings (SSSR count). The van der Waals surface area contributed by atoms with Crippen molar-refractivity contribution < 1.29 is 14.0 Å². The fourth-order valence-electron chi connectivity index (χ4n) is 4.10. The predicted octanol–water partition coefficient (Wildman–Crippen LogP) is 4.36. The number of aromatic nitrogens is 3. The molecule has 4 aromatic rings. The van der Waals surface area contributed by atoms with Crippen molar-refractivity contribution >= 4 is 39.9 Å². The third kappa shape index (κ3) is 4.64. The molecule has 0 saturated carbocycles. The maximum Gasteiger partial charge on any atom is 0.251 e. The molecule has 0 saturated heterocycles. The summed E-state index contributed by atoms with van der Waals surface area (Å²) in [5.41, 5.74) is 8.19. The van der Waals surface area contributed by atoms with Crippen LogP contribution in [-0.2, 0) is 24.2 Å². The lowest BCUT2D eigenvalue weighted by molar-refractivity contribution is -0.113. The number of anilines is 1. The van der Waals surface area contributed by atoms with Gasteiger partial charge in [-0.3, -0.25) is 14.2 Å². The van der Waals surface area contributed by atoms with E-state index in [1.54, 1.807) is 12.3 Å². The number of nitrogens with zero attached hydrogens (tertiary/aromatic N) is 3. The molecule has 8 nitrogen and oxygen atoms in total. The highest BCUT2D eigenvalue weighted by Crippen LogP contribution is 2.38. The molecular weight excluding hydrogens is 470 g/mol. The number of aryl methyl sites for hydroxylation is 1. The monoisotopic (exact) mass is 493 g/mol. The van der Waals surface area contributed by atoms with Crippen molar-refractivity contribution in [2.45, 2.75) is 37.4 Å². The maximum absolute atomic E-state index is 12.8. The predicted molar refractivity (Wildman–Crippen MR) is 132 cm³/mol. The van der Waals surface area contributed by atoms with Gasteiger partial charge in [-0.25, -0.2) is 0 Å². The summed E-state index contributed by atoms with van der Waals surface area (Å²) in [6.45, 7) is 0.539. The zero-order valence-electron chi connectivity index (χ0n) is 18.3. The molecule has 3 N–H and O–H groups in total. The van der Waals surface area contributed by atoms with Crippen LogP contribution in [0.5, 0.6) is 0 Å². The van der Waals surface area contributed by atoms with E-state index in [0.717, 1.165) is 41.7 Å². The van der Waals surface area contributed by atoms with E-state index < -0.39 is 5.91 Å². The van der Waals surface area contributed by atoms with E-state index in [2.05, 4.69) is 15.5 Å². The van der Waals surface area contributed by atoms with Gasteiger partial charge in [0.05, 0.1) is 24.1 Å². The highest BCUT2D eigenvalue weighted by Gasteiger charge is 2.25. The Morgan fingerprint density at radius 3 is 2.71 bits per heavy atom. The number of hydrogen-bond donors (Lipinski definition) is 2. The molecule has 0 unspecified atom stereocenters. The first-order valence-corrected chi connectivity index (χ1v) is 12.8. The number of rotatable bonds is 8. The van der Waals surface area contributed by atoms with E-state index >= 15 is 0 Å². The van der Waals surface area contributed by atoms with Gasteiger partial charge in [0.15, 0.2) is 10.9 Å². The highest BCUT2D eigenvalue weighted by atomic mass is 32.2. The Kier molecular flexibility index (Phi) is 6.50. The van der Waals surface area contributed by atoms with Gasteiger partial charge >= 0.3 is 0 Å². The number of thiophene rings is 1. The molecule has 174 valence electrons. The van der Waals surface area contributed by atoms with Crippen molar-refractivity contribution in [1.82, 2.24) is 14.8 Å². The van der Waals surface area contributed by atoms with Gasteiger partial charge in [0.1, 0.15) is 5.00 Å². The molecule has 10 heteroatoms. The lowest BCUT2D eigenvalue weighted by atomic mass is 9.95. The molecule has 0 radical (unpaired) electrons. The second-order valence-corrected chi connectivity index (χ2v) is 10.0. The van der Waals surface area contributed by atoms with Gasteiger partial charge in [0, 0.05) is 4.88 Å². The Morgan fingerprint density at radius 2 is 1.94 bits per heavy atom. The van der Waals surface area contributed by atoms with E-state index in [4.69, 9.17) is 10.2 Å². The lowest BCUT2D eigenvalue weighted by Crippen LogP contribution is -2.19. The normalized spacial score (nSPS) is 12.9. The summed E-state index contributed by atoms with van der Waals surface area (Å²) >= 11 is 2.74. The van der Waals surface area contributed by atoms with Crippen molar-refractivity contribution in [1.29, 1.82) is 0 Å². The first-order chi connectivity index (χ1) is 16.6. The quantitative estimate of drug-likeness (QED) is 0.353. The molecule has 2 amide bonds. The second-order valence-electron chi connectivity index (χ2n) is 7.97. The van der Waals surface area contributed by atoms with Gasteiger partial charge in [-0.05, 0) is 48.9 Å². The minimum absolute atomic E-state index is 0.117. The largest absolute Gasteiger partial charge is 0.461 e. The lowest BCUT2D eigenvalue weighted by Gasteiger charge is -2.11. The van der Waals surface area contributed by atoms with Gasteiger partial charge < -0.3 is 15.5 Å². The molecule has 3 aromatic heterocycles. The van der Waals surface area contributed by atoms with Gasteiger partial charge in [0.25, 0.3) is 5.91 Å². The summed E-state index contributed by atoms with van der Waals surface area (Å²) in [7, 11) is 0. The average molecular weight is 494 g/mol. The van der Waals surface area contributed by atoms with Gasteiger partial charge in [-0.15, -0.1) is 21.5 Å². The van der Waals surface area contributed by atoms with E-state index in [0.29, 0.717) is 33.9 Å². The molecule has 34 heavy (non-hydrogen) atoms. The SMILES string of the molecule is NC(=O)c1c(NC(=O)CSc2nnc(-c3ccco3)n2Cc2ccccc2)sc2c1CCCC2. The van der Waals surface area contributed by atoms with Crippen LogP contribution in [0.25, 0.3) is 11.6 Å². The van der Waals surface area contributed by atoms with Crippen LogP contribution in [0.4, 0.5) is 5.00 Å². The Morgan fingerprint density at radius 1 is 1.12 bits per heavy atom. The van der Waals surface area contributed by atoms with Crippen LogP contribution in [0.2, 0.25) is 0 Å². The fraction of sp³-hybridized carbons (Fsp3) is 0.250. The molecule has 3 heterocycles. The van der Waals surface area contributed by atoms with Crippen LogP contribution >= 0.6 is 23.1 Å². The number of carbonyl (C=O) groups is 2. The molecule has 0 bridgehead atoms. The maximum atomic E-state index is 12.8. The van der Waals surface area contributed by atoms with Crippen molar-refractivity contribution in [2.24, 2.45) is 5.73 Å². The minimum atomic E-state index is -0.493. The standard InChI is InChI=1S/C24H23N5O3S2/c25-21(31)20-16-9-4-5-11-18(16)34-23(20)26-19(30)14-33-24-28-27-22(17-10-6-12-32-17)29(24)13-15-7-2-1-3-8-15/h1-3,6-8,10,12H,4-5,9,11,13-14H2,(H2,25,31)(H,26,30). The number of carbonyl (C=O) groups excluding carboxylic acids is 2. The van der Waals surface area contributed by atoms with E-state index in [1.165, 1.54) is 23.1 Å². The first-order valence-electron chi connectivity index (χ1n) is 11.0. The van der Waals surface area contributed by atoms with Crippen molar-refractivity contribution in [3.8, 4) is 11.6 Å². The van der Waals surface area contributed by atoms with Crippen molar-refractivity contribution in [3.63, 3.8) is 0 Å². The highest BCUT2D eigenvalue weighted by molar-refractivity contribution is 7.99. The zero-order valence-corrected chi connectivity index (χ0v) is 20.0. The number of furan rings is 1. The van der Waals surface area contributed by atoms with Crippen LogP contribution in [-0.4, -0.2) is 32.3 Å². The number of fused-ring (bicyclic) bond motifs is 1. The summed E-state index contributed by atoms with van der Waals surface area (Å²) in [6, 6.07) is 13.6. The Hall–Kier alpha value is -3.37. The van der Waals surface area contributed by atoms with Gasteiger partial charge in [-0.2, -0.15) is 0 Å². The smallest absolute Gasteiger partial charge is 0.251 e. The molecule has 0 atom stereocenters. The minimum Gasteiger partial charge on any atom is -0.461 e. The van der Waals surface area contributed by atoms with Crippen LogP contribution in [0.3, 0.4) is 0 Å². The van der Waals surface area contributed by atoms with Gasteiger partial charge in [-0.1, -0.05) is 42.1 Å². The van der Waals surface area contributed by atoms with Crippen LogP contribution in [0.1, 0.15) is 39.2 Å². The number of hydrogen-bond acceptors (Lipinski definition) is 7. The molecule has 1 aliphatic rings. The van der Waals surface area contributed by atoms with E-state index in [-0.39, 0.29) is 11.7 Å². The number of nitrogens with two attached hydrogens (primary N) is 1. The van der Waals surface area contributed by atoms with Crippen LogP contribution < -0.4 is 11.1 Å². The fourth-order valence-corrected chi connectivity index (χ4v) is 6.15. The zero-order chi connectivity index (χ0) is 23.5. The van der Waals surface area contributed by atoms with Crippen molar-refractivity contribution in [2.75, 3.05) is 11.1 Å². The number of nitrogens with one attached hydrogen (secondary N) is 1. The summed E-state index contributed by atoms with van der Waals surface area (Å²) < 4.78 is 7.47. The average Bonchev–Trinajstić information content (AvgIpc) is 3.57. The number of benzene rings is 1. The van der Waals surface area contributed by atoms with Gasteiger partial charge in [0.2, 0.25) is 11.7 Å². The van der Waals surface area contributed by atoms with E-state index in [1.807, 2.05) is 41.0 Å². The Labute approximate surface area is 204 Å². The third-order valence-electron chi connectivity index (χ3n) is 5.64. The summed E-state index contributed by atoms with van der Waals surface area (Å²) in [5, 5.41) is 12.7. The summed E-state index contributed by atoms with van der Waals surface area (Å²) in [6.07, 6.45) is 5.45. The molecule has 1 aliphatic carbocycles. The van der Waals surface area contributed by atoms with Crippen LogP contribution in [0, 0.1) is 0 Å². The Bertz CT molecular complexity index is 1310. The molecular formula is C24H23N5O3S2. The molecule has 0 aliphatic heterocycles. The number of primary amides is 1. The summed E-state index contributed by atoms with van der Waals surface area (Å²) in [4.78, 5) is 26.1. The molecule has 0 fully saturated rings. The van der Waals surface area contributed by atoms with Crippen molar-refractivity contribution in [3.05, 3.63) is 70.3 Å². The topological polar surface area (TPSA) is 116 Å². The molecule has 1 aromatic carbocycles. The number of amides is 2. The number of thioether (sulfide) groups is 1. The Balaban J connectivity index is 1.34. The molecule has 0 spiro atoms. The second kappa shape index (κ2) is 9.86. The summed E-state index contributed by atoms with van der Waals surface area (Å²) in [5.74, 6) is 0.605.